The fraction of sp³-hybridized carbons (Fsp3) is 0.0769. The lowest BCUT2D eigenvalue weighted by Gasteiger charge is -2.06. The molecule has 0 spiro atoms. The predicted molar refractivity (Wildman–Crippen MR) is 79.6 cm³/mol. The van der Waals surface area contributed by atoms with E-state index in [9.17, 15) is 0 Å². The van der Waals surface area contributed by atoms with Crippen molar-refractivity contribution in [1.82, 2.24) is 0 Å². The third kappa shape index (κ3) is 2.92. The second kappa shape index (κ2) is 5.59. The van der Waals surface area contributed by atoms with Crippen LogP contribution >= 0.6 is 34.4 Å². The second-order valence-electron chi connectivity index (χ2n) is 3.42. The first-order valence-electron chi connectivity index (χ1n) is 4.98. The topological polar surface area (TPSA) is 26.0 Å². The van der Waals surface area contributed by atoms with Crippen molar-refractivity contribution in [2.45, 2.75) is 10.6 Å². The third-order valence-corrected chi connectivity index (χ3v) is 4.45. The van der Waals surface area contributed by atoms with Crippen molar-refractivity contribution in [1.29, 1.82) is 0 Å². The Kier molecular flexibility index (Phi) is 4.12. The van der Waals surface area contributed by atoms with Gasteiger partial charge >= 0.3 is 0 Å². The smallest absolute Gasteiger partial charge is 0.0452 e. The molecule has 0 saturated heterocycles. The molecule has 16 heavy (non-hydrogen) atoms. The zero-order valence-corrected chi connectivity index (χ0v) is 11.7. The largest absolute Gasteiger partial charge is 0.398 e. The maximum atomic E-state index is 5.90. The van der Waals surface area contributed by atoms with E-state index >= 15 is 0 Å². The van der Waals surface area contributed by atoms with Gasteiger partial charge in [0.25, 0.3) is 0 Å². The molecule has 0 aliphatic rings. The van der Waals surface area contributed by atoms with Gasteiger partial charge in [-0.3, -0.25) is 0 Å². The van der Waals surface area contributed by atoms with Crippen LogP contribution in [0.25, 0.3) is 0 Å². The number of rotatable bonds is 3. The highest BCUT2D eigenvalue weighted by molar-refractivity contribution is 14.1. The van der Waals surface area contributed by atoms with E-state index < -0.39 is 0 Å². The van der Waals surface area contributed by atoms with Crippen molar-refractivity contribution in [3.8, 4) is 0 Å². The Labute approximate surface area is 114 Å². The van der Waals surface area contributed by atoms with Crippen molar-refractivity contribution >= 4 is 40.0 Å². The Hall–Kier alpha value is -0.680. The second-order valence-corrected chi connectivity index (χ2v) is 5.60. The van der Waals surface area contributed by atoms with Gasteiger partial charge in [-0.25, -0.2) is 0 Å². The van der Waals surface area contributed by atoms with Gasteiger partial charge in [0, 0.05) is 19.9 Å². The highest BCUT2D eigenvalue weighted by atomic mass is 127. The Morgan fingerprint density at radius 2 is 1.69 bits per heavy atom. The van der Waals surface area contributed by atoms with Crippen molar-refractivity contribution < 1.29 is 0 Å². The van der Waals surface area contributed by atoms with Gasteiger partial charge in [-0.2, -0.15) is 0 Å². The standard InChI is InChI=1S/C13H12INS/c14-11-6-2-1-5-10(11)9-16-13-8-4-3-7-12(13)15/h1-8H,9,15H2. The molecule has 3 heteroatoms. The molecule has 82 valence electrons. The average Bonchev–Trinajstić information content (AvgIpc) is 2.30. The van der Waals surface area contributed by atoms with Crippen LogP contribution in [0.1, 0.15) is 5.56 Å². The van der Waals surface area contributed by atoms with Gasteiger partial charge in [0.1, 0.15) is 0 Å². The van der Waals surface area contributed by atoms with Crippen LogP contribution in [0.2, 0.25) is 0 Å². The molecule has 0 heterocycles. The van der Waals surface area contributed by atoms with E-state index in [1.54, 1.807) is 11.8 Å². The van der Waals surface area contributed by atoms with Crippen LogP contribution in [0.5, 0.6) is 0 Å². The summed E-state index contributed by atoms with van der Waals surface area (Å²) in [5.41, 5.74) is 8.12. The molecule has 0 saturated carbocycles. The fourth-order valence-corrected chi connectivity index (χ4v) is 3.19. The molecule has 2 aromatic carbocycles. The minimum atomic E-state index is 0.860. The van der Waals surface area contributed by atoms with E-state index in [1.807, 2.05) is 18.2 Å². The number of para-hydroxylation sites is 1. The van der Waals surface area contributed by atoms with Crippen LogP contribution in [0.4, 0.5) is 5.69 Å². The molecule has 1 nitrogen and oxygen atoms in total. The van der Waals surface area contributed by atoms with Crippen LogP contribution in [-0.2, 0) is 5.75 Å². The molecule has 2 aromatic rings. The summed E-state index contributed by atoms with van der Waals surface area (Å²) in [5, 5.41) is 0. The minimum Gasteiger partial charge on any atom is -0.398 e. The first-order valence-corrected chi connectivity index (χ1v) is 7.04. The number of thioether (sulfide) groups is 1. The van der Waals surface area contributed by atoms with E-state index in [-0.39, 0.29) is 0 Å². The predicted octanol–water partition coefficient (Wildman–Crippen LogP) is 4.17. The molecule has 2 N–H and O–H groups in total. The summed E-state index contributed by atoms with van der Waals surface area (Å²) in [6.07, 6.45) is 0. The number of hydrogen-bond donors (Lipinski definition) is 1. The average molecular weight is 341 g/mol. The van der Waals surface area contributed by atoms with Gasteiger partial charge in [0.15, 0.2) is 0 Å². The van der Waals surface area contributed by atoms with E-state index in [0.717, 1.165) is 16.3 Å². The molecule has 2 rings (SSSR count). The Balaban J connectivity index is 2.09. The lowest BCUT2D eigenvalue weighted by molar-refractivity contribution is 1.36. The van der Waals surface area contributed by atoms with Crippen molar-refractivity contribution in [3.63, 3.8) is 0 Å². The Morgan fingerprint density at radius 3 is 2.44 bits per heavy atom. The summed E-state index contributed by atoms with van der Waals surface area (Å²) in [7, 11) is 0. The highest BCUT2D eigenvalue weighted by Crippen LogP contribution is 2.28. The van der Waals surface area contributed by atoms with Gasteiger partial charge in [-0.05, 0) is 46.4 Å². The molecule has 0 atom stereocenters. The maximum absolute atomic E-state index is 5.90. The molecule has 0 aliphatic heterocycles. The molecule has 0 unspecified atom stereocenters. The van der Waals surface area contributed by atoms with Crippen LogP contribution < -0.4 is 5.73 Å². The number of hydrogen-bond acceptors (Lipinski definition) is 2. The third-order valence-electron chi connectivity index (χ3n) is 2.26. The molecule has 0 bridgehead atoms. The molecule has 0 radical (unpaired) electrons. The Bertz CT molecular complexity index is 439. The first-order chi connectivity index (χ1) is 7.77. The normalized spacial score (nSPS) is 10.3. The van der Waals surface area contributed by atoms with E-state index in [2.05, 4.69) is 52.9 Å². The fourth-order valence-electron chi connectivity index (χ4n) is 1.38. The number of halogens is 1. The van der Waals surface area contributed by atoms with Crippen molar-refractivity contribution in [2.24, 2.45) is 0 Å². The number of nitrogens with two attached hydrogens (primary N) is 1. The van der Waals surface area contributed by atoms with Gasteiger partial charge < -0.3 is 5.73 Å². The van der Waals surface area contributed by atoms with Gasteiger partial charge in [-0.1, -0.05) is 30.3 Å². The summed E-state index contributed by atoms with van der Waals surface area (Å²) in [4.78, 5) is 1.15. The number of benzene rings is 2. The minimum absolute atomic E-state index is 0.860. The highest BCUT2D eigenvalue weighted by Gasteiger charge is 2.02. The summed E-state index contributed by atoms with van der Waals surface area (Å²) < 4.78 is 1.31. The molecule has 0 fully saturated rings. The quantitative estimate of drug-likeness (QED) is 0.515. The summed E-state index contributed by atoms with van der Waals surface area (Å²) in [5.74, 6) is 0.966. The monoisotopic (exact) mass is 341 g/mol. The van der Waals surface area contributed by atoms with Crippen LogP contribution in [-0.4, -0.2) is 0 Å². The summed E-state index contributed by atoms with van der Waals surface area (Å²) in [6, 6.07) is 16.4. The lowest BCUT2D eigenvalue weighted by atomic mass is 10.2. The lowest BCUT2D eigenvalue weighted by Crippen LogP contribution is -1.89. The van der Waals surface area contributed by atoms with Crippen LogP contribution in [0.15, 0.2) is 53.4 Å². The Morgan fingerprint density at radius 1 is 1.00 bits per heavy atom. The SMILES string of the molecule is Nc1ccccc1SCc1ccccc1I. The molecular formula is C13H12INS. The van der Waals surface area contributed by atoms with Gasteiger partial charge in [0.2, 0.25) is 0 Å². The number of anilines is 1. The maximum Gasteiger partial charge on any atom is 0.0452 e. The zero-order chi connectivity index (χ0) is 11.4. The van der Waals surface area contributed by atoms with E-state index in [1.165, 1.54) is 9.13 Å². The summed E-state index contributed by atoms with van der Waals surface area (Å²) in [6.45, 7) is 0. The van der Waals surface area contributed by atoms with E-state index in [4.69, 9.17) is 5.73 Å². The summed E-state index contributed by atoms with van der Waals surface area (Å²) >= 11 is 4.15. The molecular weight excluding hydrogens is 329 g/mol. The number of nitrogen functional groups attached to an aromatic ring is 1. The van der Waals surface area contributed by atoms with E-state index in [0.29, 0.717) is 0 Å². The van der Waals surface area contributed by atoms with Gasteiger partial charge in [-0.15, -0.1) is 11.8 Å². The van der Waals surface area contributed by atoms with Crippen molar-refractivity contribution in [3.05, 3.63) is 57.7 Å². The molecule has 0 amide bonds. The van der Waals surface area contributed by atoms with Crippen molar-refractivity contribution in [2.75, 3.05) is 5.73 Å². The first kappa shape index (κ1) is 11.8. The molecule has 0 aliphatic carbocycles. The van der Waals surface area contributed by atoms with Gasteiger partial charge in [0.05, 0.1) is 0 Å². The molecule has 0 aromatic heterocycles. The van der Waals surface area contributed by atoms with Crippen LogP contribution in [0.3, 0.4) is 0 Å². The zero-order valence-electron chi connectivity index (χ0n) is 8.69. The van der Waals surface area contributed by atoms with Crippen LogP contribution in [0, 0.1) is 3.57 Å².